The van der Waals surface area contributed by atoms with Crippen LogP contribution in [0.3, 0.4) is 0 Å². The predicted octanol–water partition coefficient (Wildman–Crippen LogP) is 5.39. The number of aromatic nitrogens is 1. The van der Waals surface area contributed by atoms with E-state index in [1.54, 1.807) is 30.3 Å². The van der Waals surface area contributed by atoms with Crippen molar-refractivity contribution in [1.29, 1.82) is 0 Å². The van der Waals surface area contributed by atoms with Gasteiger partial charge in [-0.1, -0.05) is 29.3 Å². The zero-order valence-electron chi connectivity index (χ0n) is 15.3. The summed E-state index contributed by atoms with van der Waals surface area (Å²) in [6.45, 7) is 1.37. The summed E-state index contributed by atoms with van der Waals surface area (Å²) in [7, 11) is 0. The topological polar surface area (TPSA) is 62.3 Å². The first-order valence-electron chi connectivity index (χ1n) is 8.60. The number of hydrogen-bond acceptors (Lipinski definition) is 3. The number of anilines is 3. The Labute approximate surface area is 177 Å². The molecule has 3 aromatic rings. The Morgan fingerprint density at radius 3 is 2.34 bits per heavy atom. The summed E-state index contributed by atoms with van der Waals surface area (Å²) < 4.78 is 13.2. The van der Waals surface area contributed by atoms with Gasteiger partial charge in [0.25, 0.3) is 0 Å². The lowest BCUT2D eigenvalue weighted by Crippen LogP contribution is -2.24. The van der Waals surface area contributed by atoms with Crippen LogP contribution in [0, 0.1) is 5.82 Å². The number of nitrogens with one attached hydrogen (secondary N) is 1. The molecule has 0 radical (unpaired) electrons. The molecule has 148 valence electrons. The Hall–Kier alpha value is -2.96. The van der Waals surface area contributed by atoms with Gasteiger partial charge in [-0.3, -0.25) is 14.5 Å². The molecule has 0 aliphatic carbocycles. The highest BCUT2D eigenvalue weighted by atomic mass is 35.5. The van der Waals surface area contributed by atoms with Crippen molar-refractivity contribution in [2.75, 3.05) is 10.2 Å². The van der Waals surface area contributed by atoms with Crippen molar-refractivity contribution in [3.8, 4) is 0 Å². The van der Waals surface area contributed by atoms with Gasteiger partial charge in [0.2, 0.25) is 11.8 Å². The van der Waals surface area contributed by atoms with Gasteiger partial charge in [0.15, 0.2) is 0 Å². The lowest BCUT2D eigenvalue weighted by atomic mass is 10.1. The van der Waals surface area contributed by atoms with E-state index in [2.05, 4.69) is 10.3 Å². The van der Waals surface area contributed by atoms with Crippen LogP contribution in [0.4, 0.5) is 21.6 Å². The van der Waals surface area contributed by atoms with Crippen molar-refractivity contribution in [1.82, 2.24) is 4.98 Å². The zero-order chi connectivity index (χ0) is 21.0. The van der Waals surface area contributed by atoms with E-state index >= 15 is 0 Å². The number of nitrogens with zero attached hydrogens (tertiary/aromatic N) is 2. The molecule has 0 spiro atoms. The molecule has 8 heteroatoms. The van der Waals surface area contributed by atoms with Crippen LogP contribution in [0.2, 0.25) is 10.0 Å². The van der Waals surface area contributed by atoms with Gasteiger partial charge in [0.05, 0.1) is 12.1 Å². The molecule has 0 saturated heterocycles. The van der Waals surface area contributed by atoms with E-state index in [4.69, 9.17) is 23.2 Å². The third kappa shape index (κ3) is 5.10. The first-order valence-corrected chi connectivity index (χ1v) is 9.36. The zero-order valence-corrected chi connectivity index (χ0v) is 16.8. The second-order valence-electron chi connectivity index (χ2n) is 6.16. The fraction of sp³-hybridized carbons (Fsp3) is 0.0952. The average Bonchev–Trinajstić information content (AvgIpc) is 2.67. The third-order valence-corrected chi connectivity index (χ3v) is 4.77. The number of rotatable bonds is 5. The minimum Gasteiger partial charge on any atom is -0.326 e. The highest BCUT2D eigenvalue weighted by molar-refractivity contribution is 6.36. The Bertz CT molecular complexity index is 1040. The van der Waals surface area contributed by atoms with E-state index in [-0.39, 0.29) is 24.1 Å². The number of carbonyl (C=O) groups excluding carboxylic acids is 2. The van der Waals surface area contributed by atoms with Gasteiger partial charge in [-0.05, 0) is 48.0 Å². The van der Waals surface area contributed by atoms with Gasteiger partial charge in [0.1, 0.15) is 11.6 Å². The maximum absolute atomic E-state index is 13.2. The molecule has 29 heavy (non-hydrogen) atoms. The maximum Gasteiger partial charge on any atom is 0.229 e. The van der Waals surface area contributed by atoms with Crippen LogP contribution in [0.1, 0.15) is 12.5 Å². The Kier molecular flexibility index (Phi) is 6.46. The number of halogens is 3. The molecule has 1 aromatic heterocycles. The standard InChI is InChI=1S/C21H16Cl2FN3O2/c1-13(28)27(16-7-5-14(24)6-8-16)20-11-15(9-10-25-20)26-21(29)12-17-18(22)3-2-4-19(17)23/h2-11H,12H2,1H3,(H,25,26,29). The highest BCUT2D eigenvalue weighted by Crippen LogP contribution is 2.27. The van der Waals surface area contributed by atoms with Gasteiger partial charge in [-0.25, -0.2) is 9.37 Å². The molecule has 0 fully saturated rings. The Balaban J connectivity index is 1.82. The van der Waals surface area contributed by atoms with E-state index in [9.17, 15) is 14.0 Å². The molecule has 0 bridgehead atoms. The maximum atomic E-state index is 13.2. The summed E-state index contributed by atoms with van der Waals surface area (Å²) in [5.41, 5.74) is 1.42. The third-order valence-electron chi connectivity index (χ3n) is 4.06. The van der Waals surface area contributed by atoms with Crippen molar-refractivity contribution < 1.29 is 14.0 Å². The average molecular weight is 432 g/mol. The number of pyridine rings is 1. The molecule has 0 saturated carbocycles. The van der Waals surface area contributed by atoms with E-state index in [1.165, 1.54) is 42.3 Å². The largest absolute Gasteiger partial charge is 0.326 e. The van der Waals surface area contributed by atoms with Crippen LogP contribution in [0.5, 0.6) is 0 Å². The summed E-state index contributed by atoms with van der Waals surface area (Å²) >= 11 is 12.2. The molecule has 1 N–H and O–H groups in total. The second-order valence-corrected chi connectivity index (χ2v) is 6.97. The van der Waals surface area contributed by atoms with Crippen LogP contribution >= 0.6 is 23.2 Å². The summed E-state index contributed by atoms with van der Waals surface area (Å²) in [6, 6.07) is 13.6. The molecule has 2 aromatic carbocycles. The Morgan fingerprint density at radius 2 is 1.72 bits per heavy atom. The molecular weight excluding hydrogens is 416 g/mol. The van der Waals surface area contributed by atoms with E-state index in [0.717, 1.165) is 0 Å². The fourth-order valence-electron chi connectivity index (χ4n) is 2.75. The SMILES string of the molecule is CC(=O)N(c1ccc(F)cc1)c1cc(NC(=O)Cc2c(Cl)cccc2Cl)ccn1. The van der Waals surface area contributed by atoms with Gasteiger partial charge < -0.3 is 5.32 Å². The van der Waals surface area contributed by atoms with Crippen LogP contribution in [-0.4, -0.2) is 16.8 Å². The van der Waals surface area contributed by atoms with Crippen molar-refractivity contribution in [3.63, 3.8) is 0 Å². The van der Waals surface area contributed by atoms with Crippen LogP contribution in [-0.2, 0) is 16.0 Å². The predicted molar refractivity (Wildman–Crippen MR) is 112 cm³/mol. The lowest BCUT2D eigenvalue weighted by Gasteiger charge is -2.20. The van der Waals surface area contributed by atoms with Crippen molar-refractivity contribution in [3.05, 3.63) is 82.2 Å². The van der Waals surface area contributed by atoms with E-state index in [0.29, 0.717) is 27.0 Å². The first kappa shape index (κ1) is 20.8. The summed E-state index contributed by atoms with van der Waals surface area (Å²) in [5, 5.41) is 3.55. The number of amides is 2. The summed E-state index contributed by atoms with van der Waals surface area (Å²) in [6.07, 6.45) is 1.46. The molecule has 2 amide bonds. The molecule has 0 aliphatic rings. The number of benzene rings is 2. The monoisotopic (exact) mass is 431 g/mol. The van der Waals surface area contributed by atoms with E-state index < -0.39 is 5.82 Å². The molecular formula is C21H16Cl2FN3O2. The van der Waals surface area contributed by atoms with E-state index in [1.807, 2.05) is 0 Å². The number of carbonyl (C=O) groups is 2. The quantitative estimate of drug-likeness (QED) is 0.588. The minimum atomic E-state index is -0.413. The normalized spacial score (nSPS) is 10.5. The van der Waals surface area contributed by atoms with Gasteiger partial charge >= 0.3 is 0 Å². The first-order chi connectivity index (χ1) is 13.8. The molecule has 3 rings (SSSR count). The van der Waals surface area contributed by atoms with Crippen molar-refractivity contribution in [2.45, 2.75) is 13.3 Å². The second kappa shape index (κ2) is 9.03. The van der Waals surface area contributed by atoms with Gasteiger partial charge in [0, 0.05) is 34.9 Å². The Morgan fingerprint density at radius 1 is 1.07 bits per heavy atom. The highest BCUT2D eigenvalue weighted by Gasteiger charge is 2.17. The summed E-state index contributed by atoms with van der Waals surface area (Å²) in [5.74, 6) is -0.758. The van der Waals surface area contributed by atoms with Gasteiger partial charge in [-0.15, -0.1) is 0 Å². The minimum absolute atomic E-state index is 0.00938. The van der Waals surface area contributed by atoms with Crippen LogP contribution in [0.15, 0.2) is 60.8 Å². The fourth-order valence-corrected chi connectivity index (χ4v) is 3.28. The molecule has 0 unspecified atom stereocenters. The van der Waals surface area contributed by atoms with Crippen molar-refractivity contribution >= 4 is 52.2 Å². The number of hydrogen-bond donors (Lipinski definition) is 1. The van der Waals surface area contributed by atoms with Crippen LogP contribution in [0.25, 0.3) is 0 Å². The molecule has 1 heterocycles. The van der Waals surface area contributed by atoms with Gasteiger partial charge in [-0.2, -0.15) is 0 Å². The van der Waals surface area contributed by atoms with Crippen LogP contribution < -0.4 is 10.2 Å². The van der Waals surface area contributed by atoms with Crippen molar-refractivity contribution in [2.24, 2.45) is 0 Å². The lowest BCUT2D eigenvalue weighted by molar-refractivity contribution is -0.116. The smallest absolute Gasteiger partial charge is 0.229 e. The molecule has 0 atom stereocenters. The molecule has 5 nitrogen and oxygen atoms in total. The summed E-state index contributed by atoms with van der Waals surface area (Å²) in [4.78, 5) is 30.1. The molecule has 0 aliphatic heterocycles.